The van der Waals surface area contributed by atoms with Crippen molar-refractivity contribution in [3.63, 3.8) is 0 Å². The molecular weight excluding hydrogens is 478 g/mol. The molecule has 7 nitrogen and oxygen atoms in total. The van der Waals surface area contributed by atoms with Gasteiger partial charge in [-0.15, -0.1) is 0 Å². The Labute approximate surface area is 223 Å². The largest absolute Gasteiger partial charge is 0.445 e. The summed E-state index contributed by atoms with van der Waals surface area (Å²) in [4.78, 5) is 45.0. The van der Waals surface area contributed by atoms with Crippen LogP contribution in [0.15, 0.2) is 91.0 Å². The van der Waals surface area contributed by atoms with Crippen molar-refractivity contribution < 1.29 is 19.1 Å². The van der Waals surface area contributed by atoms with Gasteiger partial charge >= 0.3 is 6.09 Å². The molecule has 196 valence electrons. The number of nitrogens with zero attached hydrogens (tertiary/aromatic N) is 3. The molecule has 0 bridgehead atoms. The van der Waals surface area contributed by atoms with Crippen molar-refractivity contribution in [1.29, 1.82) is 0 Å². The third-order valence-electron chi connectivity index (χ3n) is 7.59. The molecule has 3 aromatic rings. The minimum absolute atomic E-state index is 0.0300. The first-order valence-corrected chi connectivity index (χ1v) is 13.2. The van der Waals surface area contributed by atoms with Crippen LogP contribution >= 0.6 is 0 Å². The van der Waals surface area contributed by atoms with Crippen LogP contribution in [0.4, 0.5) is 4.79 Å². The highest BCUT2D eigenvalue weighted by molar-refractivity contribution is 5.95. The molecule has 2 heterocycles. The van der Waals surface area contributed by atoms with E-state index < -0.39 is 5.41 Å². The summed E-state index contributed by atoms with van der Waals surface area (Å²) >= 11 is 0. The molecule has 2 saturated heterocycles. The van der Waals surface area contributed by atoms with E-state index in [-0.39, 0.29) is 31.1 Å². The smallest absolute Gasteiger partial charge is 0.410 e. The van der Waals surface area contributed by atoms with Crippen LogP contribution in [0.5, 0.6) is 0 Å². The van der Waals surface area contributed by atoms with Crippen molar-refractivity contribution in [3.05, 3.63) is 108 Å². The molecular formula is C31H33N3O4. The Hall–Kier alpha value is -4.13. The highest BCUT2D eigenvalue weighted by atomic mass is 16.6. The lowest BCUT2D eigenvalue weighted by Crippen LogP contribution is -2.57. The summed E-state index contributed by atoms with van der Waals surface area (Å²) in [6, 6.07) is 29.3. The number of benzene rings is 3. The molecule has 0 aromatic heterocycles. The second-order valence-corrected chi connectivity index (χ2v) is 9.88. The first-order chi connectivity index (χ1) is 18.6. The van der Waals surface area contributed by atoms with E-state index in [1.807, 2.05) is 91.0 Å². The number of piperidine rings is 1. The zero-order valence-electron chi connectivity index (χ0n) is 21.5. The van der Waals surface area contributed by atoms with Gasteiger partial charge in [0.05, 0.1) is 12.0 Å². The van der Waals surface area contributed by atoms with Gasteiger partial charge < -0.3 is 19.4 Å². The van der Waals surface area contributed by atoms with Gasteiger partial charge in [0.1, 0.15) is 6.61 Å². The van der Waals surface area contributed by atoms with Gasteiger partial charge in [-0.05, 0) is 29.5 Å². The van der Waals surface area contributed by atoms with Gasteiger partial charge in [-0.2, -0.15) is 0 Å². The van der Waals surface area contributed by atoms with Crippen LogP contribution in [0.3, 0.4) is 0 Å². The Kier molecular flexibility index (Phi) is 7.73. The molecule has 7 heteroatoms. The van der Waals surface area contributed by atoms with Gasteiger partial charge in [0, 0.05) is 32.7 Å². The summed E-state index contributed by atoms with van der Waals surface area (Å²) in [5.41, 5.74) is 2.04. The zero-order chi connectivity index (χ0) is 26.4. The van der Waals surface area contributed by atoms with Crippen LogP contribution in [0, 0.1) is 0 Å². The molecule has 2 fully saturated rings. The number of rotatable bonds is 6. The topological polar surface area (TPSA) is 70.2 Å². The summed E-state index contributed by atoms with van der Waals surface area (Å²) < 4.78 is 5.44. The third kappa shape index (κ3) is 5.28. The van der Waals surface area contributed by atoms with E-state index in [0.29, 0.717) is 39.1 Å². The van der Waals surface area contributed by atoms with E-state index in [0.717, 1.165) is 23.1 Å². The van der Waals surface area contributed by atoms with Gasteiger partial charge in [-0.1, -0.05) is 91.0 Å². The molecule has 0 unspecified atom stereocenters. The van der Waals surface area contributed by atoms with Gasteiger partial charge in [-0.25, -0.2) is 4.79 Å². The molecule has 0 atom stereocenters. The number of hydrogen-bond acceptors (Lipinski definition) is 4. The van der Waals surface area contributed by atoms with E-state index >= 15 is 0 Å². The number of carbonyl (C=O) groups excluding carboxylic acids is 3. The van der Waals surface area contributed by atoms with Gasteiger partial charge in [0.2, 0.25) is 11.8 Å². The molecule has 0 aliphatic carbocycles. The van der Waals surface area contributed by atoms with Crippen molar-refractivity contribution in [3.8, 4) is 0 Å². The molecule has 5 rings (SSSR count). The molecule has 3 aromatic carbocycles. The highest BCUT2D eigenvalue weighted by Gasteiger charge is 2.47. The number of piperazine rings is 1. The van der Waals surface area contributed by atoms with Crippen molar-refractivity contribution in [1.82, 2.24) is 14.7 Å². The van der Waals surface area contributed by atoms with Crippen molar-refractivity contribution in [2.45, 2.75) is 24.9 Å². The lowest BCUT2D eigenvalue weighted by molar-refractivity contribution is -0.146. The molecule has 2 aliphatic rings. The second kappa shape index (κ2) is 11.5. The molecule has 0 spiro atoms. The van der Waals surface area contributed by atoms with E-state index in [9.17, 15) is 14.4 Å². The predicted octanol–water partition coefficient (Wildman–Crippen LogP) is 4.08. The van der Waals surface area contributed by atoms with Crippen LogP contribution in [0.25, 0.3) is 0 Å². The average Bonchev–Trinajstić information content (AvgIpc) is 2.98. The SMILES string of the molecule is O=C(CN1CCCC(c2ccccc2)(c2ccccc2)C1=O)N1CCN(C(=O)OCc2ccccc2)CC1. The monoisotopic (exact) mass is 511 g/mol. The van der Waals surface area contributed by atoms with Crippen molar-refractivity contribution in [2.24, 2.45) is 0 Å². The minimum Gasteiger partial charge on any atom is -0.445 e. The van der Waals surface area contributed by atoms with Gasteiger partial charge in [0.15, 0.2) is 0 Å². The van der Waals surface area contributed by atoms with E-state index in [4.69, 9.17) is 4.74 Å². The minimum atomic E-state index is -0.803. The fraction of sp³-hybridized carbons (Fsp3) is 0.323. The van der Waals surface area contributed by atoms with Crippen molar-refractivity contribution >= 4 is 17.9 Å². The van der Waals surface area contributed by atoms with E-state index in [2.05, 4.69) is 0 Å². The maximum absolute atomic E-state index is 14.1. The van der Waals surface area contributed by atoms with Crippen LogP contribution in [-0.2, 0) is 26.3 Å². The Bertz CT molecular complexity index is 1200. The summed E-state index contributed by atoms with van der Waals surface area (Å²) in [6.07, 6.45) is 1.14. The Morgan fingerprint density at radius 1 is 0.711 bits per heavy atom. The third-order valence-corrected chi connectivity index (χ3v) is 7.59. The van der Waals surface area contributed by atoms with Crippen LogP contribution in [-0.4, -0.2) is 71.9 Å². The van der Waals surface area contributed by atoms with E-state index in [1.165, 1.54) is 0 Å². The van der Waals surface area contributed by atoms with Crippen LogP contribution < -0.4 is 0 Å². The van der Waals surface area contributed by atoms with Crippen LogP contribution in [0.2, 0.25) is 0 Å². The zero-order valence-corrected chi connectivity index (χ0v) is 21.5. The molecule has 0 radical (unpaired) electrons. The number of hydrogen-bond donors (Lipinski definition) is 0. The first kappa shape index (κ1) is 25.5. The first-order valence-electron chi connectivity index (χ1n) is 13.2. The highest BCUT2D eigenvalue weighted by Crippen LogP contribution is 2.41. The second-order valence-electron chi connectivity index (χ2n) is 9.88. The average molecular weight is 512 g/mol. The van der Waals surface area contributed by atoms with Gasteiger partial charge in [-0.3, -0.25) is 9.59 Å². The van der Waals surface area contributed by atoms with Crippen molar-refractivity contribution in [2.75, 3.05) is 39.3 Å². The maximum Gasteiger partial charge on any atom is 0.410 e. The lowest BCUT2D eigenvalue weighted by Gasteiger charge is -2.43. The number of amides is 3. The molecule has 38 heavy (non-hydrogen) atoms. The fourth-order valence-electron chi connectivity index (χ4n) is 5.52. The Balaban J connectivity index is 1.21. The summed E-state index contributed by atoms with van der Waals surface area (Å²) in [5.74, 6) is -0.120. The van der Waals surface area contributed by atoms with Gasteiger partial charge in [0.25, 0.3) is 0 Å². The maximum atomic E-state index is 14.1. The summed E-state index contributed by atoms with van der Waals surface area (Å²) in [6.45, 7) is 2.47. The van der Waals surface area contributed by atoms with E-state index in [1.54, 1.807) is 14.7 Å². The molecule has 2 aliphatic heterocycles. The Morgan fingerprint density at radius 2 is 1.24 bits per heavy atom. The fourth-order valence-corrected chi connectivity index (χ4v) is 5.52. The summed E-state index contributed by atoms with van der Waals surface area (Å²) in [5, 5.41) is 0. The number of likely N-dealkylation sites (tertiary alicyclic amines) is 1. The van der Waals surface area contributed by atoms with Crippen LogP contribution in [0.1, 0.15) is 29.5 Å². The molecule has 0 N–H and O–H groups in total. The molecule has 0 saturated carbocycles. The number of ether oxygens (including phenoxy) is 1. The lowest BCUT2D eigenvalue weighted by atomic mass is 9.68. The standard InChI is InChI=1S/C31H33N3O4/c35-28(32-19-21-33(22-20-32)30(37)38-24-25-11-4-1-5-12-25)23-34-18-10-17-31(29(34)36,26-13-6-2-7-14-26)27-15-8-3-9-16-27/h1-9,11-16H,10,17-24H2. The normalized spacial score (nSPS) is 17.3. The summed E-state index contributed by atoms with van der Waals surface area (Å²) in [7, 11) is 0. The number of carbonyl (C=O) groups is 3. The quantitative estimate of drug-likeness (QED) is 0.500. The molecule has 3 amide bonds. The predicted molar refractivity (Wildman–Crippen MR) is 144 cm³/mol. The Morgan fingerprint density at radius 3 is 1.82 bits per heavy atom.